The summed E-state index contributed by atoms with van der Waals surface area (Å²) in [5, 5.41) is 1.92. The van der Waals surface area contributed by atoms with Crippen molar-refractivity contribution in [2.45, 2.75) is 26.4 Å². The van der Waals surface area contributed by atoms with E-state index >= 15 is 0 Å². The molecular formula is C15H16BrN3O2S. The van der Waals surface area contributed by atoms with Gasteiger partial charge in [0.05, 0.1) is 11.4 Å². The van der Waals surface area contributed by atoms with Gasteiger partial charge in [0, 0.05) is 34.6 Å². The Kier molecular flexibility index (Phi) is 4.44. The Balaban J connectivity index is 1.63. The van der Waals surface area contributed by atoms with E-state index in [-0.39, 0.29) is 12.0 Å². The number of carbonyl (C=O) groups excluding carboxylic acids is 1. The third-order valence-corrected chi connectivity index (χ3v) is 5.12. The van der Waals surface area contributed by atoms with Crippen LogP contribution in [0.25, 0.3) is 0 Å². The van der Waals surface area contributed by atoms with E-state index in [2.05, 4.69) is 25.9 Å². The Bertz CT molecular complexity index is 684. The van der Waals surface area contributed by atoms with Crippen molar-refractivity contribution in [3.63, 3.8) is 0 Å². The van der Waals surface area contributed by atoms with Crippen molar-refractivity contribution in [1.29, 1.82) is 0 Å². The maximum absolute atomic E-state index is 12.4. The van der Waals surface area contributed by atoms with Gasteiger partial charge >= 0.3 is 0 Å². The number of thiophene rings is 1. The smallest absolute Gasteiger partial charge is 0.264 e. The van der Waals surface area contributed by atoms with Crippen LogP contribution >= 0.6 is 27.3 Å². The summed E-state index contributed by atoms with van der Waals surface area (Å²) in [6.45, 7) is 5.07. The maximum Gasteiger partial charge on any atom is 0.264 e. The molecule has 3 heterocycles. The first-order valence-corrected chi connectivity index (χ1v) is 8.71. The molecule has 0 saturated carbocycles. The number of hydrogen-bond acceptors (Lipinski definition) is 5. The Morgan fingerprint density at radius 2 is 2.23 bits per heavy atom. The highest BCUT2D eigenvalue weighted by atomic mass is 79.9. The van der Waals surface area contributed by atoms with Crippen LogP contribution in [0.4, 0.5) is 0 Å². The molecule has 1 aliphatic rings. The zero-order valence-corrected chi connectivity index (χ0v) is 14.8. The largest absolute Gasteiger partial charge is 0.472 e. The minimum Gasteiger partial charge on any atom is -0.472 e. The van der Waals surface area contributed by atoms with Crippen LogP contribution in [-0.2, 0) is 0 Å². The molecule has 7 heteroatoms. The number of amides is 1. The van der Waals surface area contributed by atoms with Crippen LogP contribution < -0.4 is 4.74 Å². The van der Waals surface area contributed by atoms with Gasteiger partial charge in [-0.25, -0.2) is 4.98 Å². The van der Waals surface area contributed by atoms with Gasteiger partial charge in [-0.05, 0) is 35.8 Å². The molecule has 0 bridgehead atoms. The highest BCUT2D eigenvalue weighted by molar-refractivity contribution is 9.10. The van der Waals surface area contributed by atoms with E-state index < -0.39 is 0 Å². The average molecular weight is 382 g/mol. The molecule has 1 amide bonds. The number of rotatable bonds is 3. The molecule has 5 nitrogen and oxygen atoms in total. The van der Waals surface area contributed by atoms with Crippen LogP contribution in [0.15, 0.2) is 22.0 Å². The lowest BCUT2D eigenvalue weighted by atomic mass is 10.3. The lowest BCUT2D eigenvalue weighted by Gasteiger charge is -2.16. The van der Waals surface area contributed by atoms with E-state index in [0.717, 1.165) is 21.5 Å². The zero-order valence-electron chi connectivity index (χ0n) is 12.4. The molecule has 1 atom stereocenters. The van der Waals surface area contributed by atoms with E-state index in [1.807, 2.05) is 36.3 Å². The lowest BCUT2D eigenvalue weighted by Crippen LogP contribution is -2.30. The van der Waals surface area contributed by atoms with Gasteiger partial charge < -0.3 is 9.64 Å². The summed E-state index contributed by atoms with van der Waals surface area (Å²) >= 11 is 4.83. The van der Waals surface area contributed by atoms with Crippen molar-refractivity contribution in [2.24, 2.45) is 0 Å². The van der Waals surface area contributed by atoms with Crippen molar-refractivity contribution in [3.8, 4) is 5.88 Å². The first-order chi connectivity index (χ1) is 10.5. The summed E-state index contributed by atoms with van der Waals surface area (Å²) in [4.78, 5) is 23.5. The summed E-state index contributed by atoms with van der Waals surface area (Å²) in [5.74, 6) is 1.35. The summed E-state index contributed by atoms with van der Waals surface area (Å²) < 4.78 is 6.85. The van der Waals surface area contributed by atoms with Crippen LogP contribution in [0.5, 0.6) is 5.88 Å². The number of hydrogen-bond donors (Lipinski definition) is 0. The summed E-state index contributed by atoms with van der Waals surface area (Å²) in [5.41, 5.74) is 0.886. The van der Waals surface area contributed by atoms with Gasteiger partial charge in [0.1, 0.15) is 11.9 Å². The highest BCUT2D eigenvalue weighted by Gasteiger charge is 2.29. The number of aromatic nitrogens is 2. The van der Waals surface area contributed by atoms with E-state index in [0.29, 0.717) is 24.8 Å². The maximum atomic E-state index is 12.4. The Morgan fingerprint density at radius 1 is 1.41 bits per heavy atom. The number of carbonyl (C=O) groups is 1. The Morgan fingerprint density at radius 3 is 2.91 bits per heavy atom. The topological polar surface area (TPSA) is 55.3 Å². The monoisotopic (exact) mass is 381 g/mol. The predicted octanol–water partition coefficient (Wildman–Crippen LogP) is 3.21. The molecule has 22 heavy (non-hydrogen) atoms. The van der Waals surface area contributed by atoms with Gasteiger partial charge in [0.25, 0.3) is 5.91 Å². The summed E-state index contributed by atoms with van der Waals surface area (Å²) in [7, 11) is 0. The number of ether oxygens (including phenoxy) is 1. The molecule has 1 unspecified atom stereocenters. The zero-order chi connectivity index (χ0) is 15.7. The first kappa shape index (κ1) is 15.4. The van der Waals surface area contributed by atoms with Crippen LogP contribution in [-0.4, -0.2) is 40.0 Å². The third-order valence-electron chi connectivity index (χ3n) is 3.44. The van der Waals surface area contributed by atoms with Crippen LogP contribution in [0.1, 0.15) is 27.6 Å². The number of halogens is 1. The number of nitrogens with zero attached hydrogens (tertiary/aromatic N) is 3. The lowest BCUT2D eigenvalue weighted by molar-refractivity contribution is 0.0775. The second kappa shape index (κ2) is 6.34. The molecule has 1 saturated heterocycles. The van der Waals surface area contributed by atoms with Crippen molar-refractivity contribution < 1.29 is 9.53 Å². The molecule has 116 valence electrons. The normalized spacial score (nSPS) is 17.8. The van der Waals surface area contributed by atoms with Crippen molar-refractivity contribution in [3.05, 3.63) is 38.4 Å². The first-order valence-electron chi connectivity index (χ1n) is 7.03. The van der Waals surface area contributed by atoms with Crippen molar-refractivity contribution in [2.75, 3.05) is 13.1 Å². The van der Waals surface area contributed by atoms with E-state index in [9.17, 15) is 4.79 Å². The minimum atomic E-state index is -0.0129. The van der Waals surface area contributed by atoms with E-state index in [1.54, 1.807) is 0 Å². The molecule has 0 aromatic carbocycles. The van der Waals surface area contributed by atoms with E-state index in [4.69, 9.17) is 4.74 Å². The Labute approximate surface area is 141 Å². The van der Waals surface area contributed by atoms with Gasteiger partial charge in [-0.1, -0.05) is 0 Å². The van der Waals surface area contributed by atoms with Gasteiger partial charge in [-0.2, -0.15) is 4.98 Å². The highest BCUT2D eigenvalue weighted by Crippen LogP contribution is 2.24. The molecule has 0 spiro atoms. The molecule has 0 N–H and O–H groups in total. The standard InChI is InChI=1S/C15H16BrN3O2S/c1-9-5-14(18-10(2)17-9)21-12-3-4-19(7-12)15(20)13-6-11(16)8-22-13/h5-6,8,12H,3-4,7H2,1-2H3. The van der Waals surface area contributed by atoms with Crippen molar-refractivity contribution in [1.82, 2.24) is 14.9 Å². The number of aryl methyl sites for hydroxylation is 2. The molecule has 0 radical (unpaired) electrons. The van der Waals surface area contributed by atoms with Crippen LogP contribution in [0.2, 0.25) is 0 Å². The van der Waals surface area contributed by atoms with Crippen LogP contribution in [0, 0.1) is 13.8 Å². The molecule has 2 aromatic heterocycles. The van der Waals surface area contributed by atoms with Crippen molar-refractivity contribution >= 4 is 33.2 Å². The SMILES string of the molecule is Cc1cc(OC2CCN(C(=O)c3cc(Br)cs3)C2)nc(C)n1. The van der Waals surface area contributed by atoms with Gasteiger partial charge in [-0.3, -0.25) is 4.79 Å². The van der Waals surface area contributed by atoms with Crippen LogP contribution in [0.3, 0.4) is 0 Å². The molecule has 2 aromatic rings. The summed E-state index contributed by atoms with van der Waals surface area (Å²) in [6.07, 6.45) is 0.807. The molecule has 1 fully saturated rings. The van der Waals surface area contributed by atoms with E-state index in [1.165, 1.54) is 11.3 Å². The number of likely N-dealkylation sites (tertiary alicyclic amines) is 1. The molecular weight excluding hydrogens is 366 g/mol. The van der Waals surface area contributed by atoms with Gasteiger partial charge in [-0.15, -0.1) is 11.3 Å². The van der Waals surface area contributed by atoms with Gasteiger partial charge in [0.2, 0.25) is 5.88 Å². The fourth-order valence-corrected chi connectivity index (χ4v) is 3.90. The molecule has 1 aliphatic heterocycles. The fourth-order valence-electron chi connectivity index (χ4n) is 2.50. The predicted molar refractivity (Wildman–Crippen MR) is 88.5 cm³/mol. The summed E-state index contributed by atoms with van der Waals surface area (Å²) in [6, 6.07) is 3.69. The fraction of sp³-hybridized carbons (Fsp3) is 0.400. The molecule has 0 aliphatic carbocycles. The Hall–Kier alpha value is -1.47. The quantitative estimate of drug-likeness (QED) is 0.818. The average Bonchev–Trinajstić information content (AvgIpc) is 3.06. The molecule has 3 rings (SSSR count). The minimum absolute atomic E-state index is 0.0129. The second-order valence-corrected chi connectivity index (χ2v) is 7.13. The second-order valence-electron chi connectivity index (χ2n) is 5.30. The van der Waals surface area contributed by atoms with Gasteiger partial charge in [0.15, 0.2) is 0 Å². The third kappa shape index (κ3) is 3.47.